The van der Waals surface area contributed by atoms with Gasteiger partial charge < -0.3 is 25.7 Å². The minimum atomic E-state index is -1.04. The van der Waals surface area contributed by atoms with Gasteiger partial charge in [0.2, 0.25) is 23.5 Å². The summed E-state index contributed by atoms with van der Waals surface area (Å²) in [6, 6.07) is 14.0. The molecule has 50 heavy (non-hydrogen) atoms. The molecule has 4 amide bonds. The molecule has 0 aromatic heterocycles. The van der Waals surface area contributed by atoms with Crippen LogP contribution in [-0.4, -0.2) is 77.3 Å². The number of nitrogens with zero attached hydrogens (tertiary/aromatic N) is 2. The number of rotatable bonds is 12. The zero-order valence-corrected chi connectivity index (χ0v) is 29.8. The number of Topliss-reactive ketones (excluding diaryl/α,β-unsaturated/α-hetero) is 1. The van der Waals surface area contributed by atoms with E-state index in [1.54, 1.807) is 12.1 Å². The van der Waals surface area contributed by atoms with E-state index >= 15 is 0 Å². The fourth-order valence-electron chi connectivity index (χ4n) is 7.20. The molecule has 0 radical (unpaired) electrons. The second kappa shape index (κ2) is 14.2. The summed E-state index contributed by atoms with van der Waals surface area (Å²) >= 11 is 6.26. The van der Waals surface area contributed by atoms with Crippen molar-refractivity contribution in [1.82, 2.24) is 20.9 Å². The lowest BCUT2D eigenvalue weighted by molar-refractivity contribution is -0.145. The molecule has 2 aromatic rings. The van der Waals surface area contributed by atoms with E-state index in [0.717, 1.165) is 24.0 Å². The first-order valence-corrected chi connectivity index (χ1v) is 17.9. The number of carbonyl (C=O) groups excluding carboxylic acids is 5. The van der Waals surface area contributed by atoms with E-state index in [2.05, 4.69) is 21.1 Å². The molecule has 3 N–H and O–H groups in total. The first-order valence-electron chi connectivity index (χ1n) is 17.5. The second-order valence-corrected chi connectivity index (χ2v) is 15.8. The van der Waals surface area contributed by atoms with Crippen LogP contribution in [0.1, 0.15) is 82.8 Å². The van der Waals surface area contributed by atoms with Crippen LogP contribution in [0.5, 0.6) is 0 Å². The lowest BCUT2D eigenvalue weighted by Gasteiger charge is -2.35. The van der Waals surface area contributed by atoms with E-state index in [9.17, 15) is 24.0 Å². The summed E-state index contributed by atoms with van der Waals surface area (Å²) in [6.07, 6.45) is 4.24. The maximum Gasteiger partial charge on any atom is 0.289 e. The van der Waals surface area contributed by atoms with Gasteiger partial charge in [-0.25, -0.2) is 0 Å². The third-order valence-corrected chi connectivity index (χ3v) is 10.6. The maximum absolute atomic E-state index is 14.7. The molecule has 1 saturated heterocycles. The molecule has 1 spiro atoms. The number of halogens is 1. The van der Waals surface area contributed by atoms with Gasteiger partial charge in [0.05, 0.1) is 18.3 Å². The van der Waals surface area contributed by atoms with Crippen molar-refractivity contribution in [2.75, 3.05) is 13.6 Å². The van der Waals surface area contributed by atoms with Crippen LogP contribution < -0.4 is 16.0 Å². The van der Waals surface area contributed by atoms with Crippen molar-refractivity contribution in [3.8, 4) is 0 Å². The molecule has 6 rings (SSSR count). The number of hydrogen-bond donors (Lipinski definition) is 3. The van der Waals surface area contributed by atoms with Gasteiger partial charge in [0.1, 0.15) is 12.1 Å². The van der Waals surface area contributed by atoms with Crippen molar-refractivity contribution in [1.29, 1.82) is 0 Å². The lowest BCUT2D eigenvalue weighted by atomic mass is 9.85. The Labute approximate surface area is 297 Å². The van der Waals surface area contributed by atoms with E-state index in [1.807, 2.05) is 63.2 Å². The zero-order chi connectivity index (χ0) is 35.8. The quantitative estimate of drug-likeness (QED) is 0.284. The van der Waals surface area contributed by atoms with Crippen LogP contribution in [0, 0.1) is 17.3 Å². The molecule has 11 nitrogen and oxygen atoms in total. The van der Waals surface area contributed by atoms with Crippen molar-refractivity contribution in [3.63, 3.8) is 0 Å². The number of likely N-dealkylation sites (tertiary alicyclic amines) is 1. The molecule has 266 valence electrons. The van der Waals surface area contributed by atoms with Crippen molar-refractivity contribution in [3.05, 3.63) is 70.7 Å². The number of likely N-dealkylation sites (N-methyl/N-ethyl adjacent to an activating group) is 1. The van der Waals surface area contributed by atoms with Gasteiger partial charge in [-0.05, 0) is 54.2 Å². The summed E-state index contributed by atoms with van der Waals surface area (Å²) in [7, 11) is 1.38. The number of benzene rings is 2. The normalized spacial score (nSPS) is 25.3. The van der Waals surface area contributed by atoms with Crippen LogP contribution in [0.3, 0.4) is 0 Å². The van der Waals surface area contributed by atoms with Crippen LogP contribution in [-0.2, 0) is 28.8 Å². The molecule has 0 unspecified atom stereocenters. The Morgan fingerprint density at radius 3 is 2.42 bits per heavy atom. The largest absolute Gasteiger partial charge is 0.387 e. The highest BCUT2D eigenvalue weighted by Crippen LogP contribution is 2.48. The first-order chi connectivity index (χ1) is 23.8. The summed E-state index contributed by atoms with van der Waals surface area (Å²) in [6.45, 7) is 5.66. The van der Waals surface area contributed by atoms with Gasteiger partial charge in [0.25, 0.3) is 5.91 Å². The molecule has 0 bridgehead atoms. The maximum atomic E-state index is 14.7. The third kappa shape index (κ3) is 7.88. The molecule has 6 atom stereocenters. The number of ketones is 1. The zero-order valence-electron chi connectivity index (χ0n) is 29.0. The smallest absolute Gasteiger partial charge is 0.289 e. The molecule has 12 heteroatoms. The van der Waals surface area contributed by atoms with Gasteiger partial charge in [-0.3, -0.25) is 24.0 Å². The predicted octanol–water partition coefficient (Wildman–Crippen LogP) is 4.13. The summed E-state index contributed by atoms with van der Waals surface area (Å²) in [5.74, 6) is -2.41. The van der Waals surface area contributed by atoms with Crippen LogP contribution in [0.4, 0.5) is 0 Å². The Morgan fingerprint density at radius 2 is 1.76 bits per heavy atom. The number of hydrogen-bond acceptors (Lipinski definition) is 7. The fraction of sp³-hybridized carbons (Fsp3) is 0.526. The van der Waals surface area contributed by atoms with Gasteiger partial charge in [-0.15, -0.1) is 0 Å². The van der Waals surface area contributed by atoms with E-state index in [0.29, 0.717) is 42.3 Å². The van der Waals surface area contributed by atoms with Crippen LogP contribution >= 0.6 is 11.6 Å². The van der Waals surface area contributed by atoms with Crippen molar-refractivity contribution in [2.24, 2.45) is 22.4 Å². The fourth-order valence-corrected chi connectivity index (χ4v) is 7.39. The molecular weight excluding hydrogens is 658 g/mol. The Kier molecular flexibility index (Phi) is 10.1. The van der Waals surface area contributed by atoms with Gasteiger partial charge in [0, 0.05) is 36.4 Å². The van der Waals surface area contributed by atoms with E-state index in [1.165, 1.54) is 11.9 Å². The van der Waals surface area contributed by atoms with E-state index in [-0.39, 0.29) is 30.7 Å². The molecule has 2 aliphatic heterocycles. The Balaban J connectivity index is 1.25. The minimum Gasteiger partial charge on any atom is -0.387 e. The second-order valence-electron chi connectivity index (χ2n) is 15.4. The summed E-state index contributed by atoms with van der Waals surface area (Å²) in [5.41, 5.74) is 0.765. The first kappa shape index (κ1) is 35.6. The highest BCUT2D eigenvalue weighted by atomic mass is 35.5. The van der Waals surface area contributed by atoms with Crippen LogP contribution in [0.2, 0.25) is 5.02 Å². The topological polar surface area (TPSA) is 146 Å². The average molecular weight is 704 g/mol. The number of nitrogens with one attached hydrogen (secondary N) is 3. The Morgan fingerprint density at radius 1 is 1.02 bits per heavy atom. The number of amides is 4. The van der Waals surface area contributed by atoms with Crippen molar-refractivity contribution < 1.29 is 28.8 Å². The van der Waals surface area contributed by atoms with Gasteiger partial charge in [-0.1, -0.05) is 92.8 Å². The minimum absolute atomic E-state index is 0.0339. The van der Waals surface area contributed by atoms with Gasteiger partial charge in [-0.2, -0.15) is 0 Å². The molecule has 2 saturated carbocycles. The monoisotopic (exact) mass is 703 g/mol. The molecule has 2 heterocycles. The number of oxime groups is 1. The highest BCUT2D eigenvalue weighted by Gasteiger charge is 2.56. The average Bonchev–Trinajstić information content (AvgIpc) is 4.02. The number of carbonyl (C=O) groups is 5. The predicted molar refractivity (Wildman–Crippen MR) is 188 cm³/mol. The summed E-state index contributed by atoms with van der Waals surface area (Å²) < 4.78 is 0. The Bertz CT molecular complexity index is 1690. The van der Waals surface area contributed by atoms with Gasteiger partial charge in [0.15, 0.2) is 5.60 Å². The van der Waals surface area contributed by atoms with Crippen molar-refractivity contribution in [2.45, 2.75) is 95.4 Å². The molecule has 2 aromatic carbocycles. The van der Waals surface area contributed by atoms with E-state index < -0.39 is 52.6 Å². The van der Waals surface area contributed by atoms with Crippen LogP contribution in [0.15, 0.2) is 59.8 Å². The van der Waals surface area contributed by atoms with E-state index in [4.69, 9.17) is 16.4 Å². The Hall–Kier alpha value is -4.25. The lowest BCUT2D eigenvalue weighted by Crippen LogP contribution is -2.59. The standard InChI is InChI=1S/C38H46ClN5O6/c1-37(2,3)32(42-33(46)27-18-26(27)23-9-6-5-7-10-23)36(49)44-21-38(19-29(43-50-38)24-11-8-12-25(39)17-24)20-30(44)34(47)41-28(16-15-22-13-14-22)31(45)35(48)40-4/h5-12,17,22,26-28,30,32H,13-16,18-21H2,1-4H3,(H,40,48)(H,41,47)(H,42,46)/t26-,27-,28+,30+,32-,38-/m1/s1. The summed E-state index contributed by atoms with van der Waals surface area (Å²) in [5, 5.41) is 13.2. The molecule has 2 aliphatic carbocycles. The highest BCUT2D eigenvalue weighted by molar-refractivity contribution is 6.38. The molecular formula is C38H46ClN5O6. The SMILES string of the molecule is CNC(=O)C(=O)[C@H](CCC1CC1)NC(=O)[C@@H]1C[C@]2(CC(c3cccc(Cl)c3)=NO2)CN1C(=O)[C@@H](NC(=O)[C@@H]1C[C@@H]1c1ccccc1)C(C)(C)C. The summed E-state index contributed by atoms with van der Waals surface area (Å²) in [4.78, 5) is 75.5. The third-order valence-electron chi connectivity index (χ3n) is 10.4. The van der Waals surface area contributed by atoms with Crippen molar-refractivity contribution >= 4 is 46.7 Å². The molecule has 4 aliphatic rings. The van der Waals surface area contributed by atoms with Crippen LogP contribution in [0.25, 0.3) is 0 Å². The van der Waals surface area contributed by atoms with Gasteiger partial charge >= 0.3 is 0 Å². The molecule has 3 fully saturated rings.